The number of nitrogens with two attached hydrogens (primary N) is 1. The summed E-state index contributed by atoms with van der Waals surface area (Å²) in [5.41, 5.74) is 5.79. The average molecular weight is 169 g/mol. The zero-order valence-electron chi connectivity index (χ0n) is 8.01. The largest absolute Gasteiger partial charge is 0.388 e. The average Bonchev–Trinajstić information content (AvgIpc) is 2.61. The van der Waals surface area contributed by atoms with Gasteiger partial charge in [0.25, 0.3) is 0 Å². The third-order valence-electron chi connectivity index (χ3n) is 3.32. The standard InChI is InChI=1S/C10H19NO/c1-9(2)5-10(12,6-9)8(11)7-3-4-7/h7-8,12H,3-6,11H2,1-2H3. The van der Waals surface area contributed by atoms with Crippen molar-refractivity contribution in [3.05, 3.63) is 0 Å². The molecule has 0 saturated heterocycles. The summed E-state index contributed by atoms with van der Waals surface area (Å²) in [6, 6.07) is 0.0468. The Morgan fingerprint density at radius 1 is 1.33 bits per heavy atom. The molecule has 0 bridgehead atoms. The summed E-state index contributed by atoms with van der Waals surface area (Å²) in [5, 5.41) is 10.1. The van der Waals surface area contributed by atoms with Gasteiger partial charge in [0.05, 0.1) is 5.60 Å². The van der Waals surface area contributed by atoms with Crippen molar-refractivity contribution in [1.82, 2.24) is 0 Å². The summed E-state index contributed by atoms with van der Waals surface area (Å²) >= 11 is 0. The molecule has 0 aromatic heterocycles. The van der Waals surface area contributed by atoms with E-state index in [4.69, 9.17) is 5.73 Å². The Morgan fingerprint density at radius 3 is 2.17 bits per heavy atom. The number of hydrogen-bond donors (Lipinski definition) is 2. The first kappa shape index (κ1) is 8.52. The highest BCUT2D eigenvalue weighted by Crippen LogP contribution is 2.52. The van der Waals surface area contributed by atoms with Crippen LogP contribution in [0.1, 0.15) is 39.5 Å². The van der Waals surface area contributed by atoms with Gasteiger partial charge in [0, 0.05) is 6.04 Å². The minimum Gasteiger partial charge on any atom is -0.388 e. The highest BCUT2D eigenvalue weighted by molar-refractivity contribution is 5.09. The molecule has 2 aliphatic carbocycles. The van der Waals surface area contributed by atoms with Crippen molar-refractivity contribution in [3.63, 3.8) is 0 Å². The van der Waals surface area contributed by atoms with Crippen molar-refractivity contribution in [3.8, 4) is 0 Å². The number of rotatable bonds is 2. The molecule has 0 heterocycles. The third kappa shape index (κ3) is 1.27. The fraction of sp³-hybridized carbons (Fsp3) is 1.00. The van der Waals surface area contributed by atoms with Crippen LogP contribution in [0.15, 0.2) is 0 Å². The second-order valence-electron chi connectivity index (χ2n) is 5.48. The maximum absolute atomic E-state index is 10.1. The molecule has 0 radical (unpaired) electrons. The second kappa shape index (κ2) is 2.24. The van der Waals surface area contributed by atoms with E-state index in [1.807, 2.05) is 0 Å². The van der Waals surface area contributed by atoms with Crippen LogP contribution in [0.5, 0.6) is 0 Å². The molecule has 0 amide bonds. The molecule has 1 atom stereocenters. The second-order valence-corrected chi connectivity index (χ2v) is 5.48. The van der Waals surface area contributed by atoms with Crippen LogP contribution in [0, 0.1) is 11.3 Å². The molecule has 12 heavy (non-hydrogen) atoms. The van der Waals surface area contributed by atoms with Crippen molar-refractivity contribution in [2.45, 2.75) is 51.2 Å². The molecule has 2 nitrogen and oxygen atoms in total. The Bertz CT molecular complexity index is 188. The van der Waals surface area contributed by atoms with Crippen LogP contribution in [0.2, 0.25) is 0 Å². The maximum atomic E-state index is 10.1. The monoisotopic (exact) mass is 169 g/mol. The van der Waals surface area contributed by atoms with Gasteiger partial charge in [0.2, 0.25) is 0 Å². The van der Waals surface area contributed by atoms with Gasteiger partial charge in [-0.05, 0) is 37.0 Å². The number of hydrogen-bond acceptors (Lipinski definition) is 2. The molecule has 2 heteroatoms. The van der Waals surface area contributed by atoms with Crippen molar-refractivity contribution < 1.29 is 5.11 Å². The number of aliphatic hydroxyl groups is 1. The lowest BCUT2D eigenvalue weighted by Gasteiger charge is -2.53. The summed E-state index contributed by atoms with van der Waals surface area (Å²) in [5.74, 6) is 0.617. The van der Waals surface area contributed by atoms with E-state index in [0.29, 0.717) is 11.3 Å². The quantitative estimate of drug-likeness (QED) is 0.654. The smallest absolute Gasteiger partial charge is 0.0810 e. The van der Waals surface area contributed by atoms with E-state index in [9.17, 15) is 5.11 Å². The van der Waals surface area contributed by atoms with Crippen LogP contribution in [0.4, 0.5) is 0 Å². The highest BCUT2D eigenvalue weighted by atomic mass is 16.3. The Kier molecular flexibility index (Phi) is 1.59. The predicted molar refractivity (Wildman–Crippen MR) is 48.7 cm³/mol. The molecular formula is C10H19NO. The summed E-state index contributed by atoms with van der Waals surface area (Å²) in [7, 11) is 0. The predicted octanol–water partition coefficient (Wildman–Crippen LogP) is 1.27. The van der Waals surface area contributed by atoms with Gasteiger partial charge in [0.1, 0.15) is 0 Å². The summed E-state index contributed by atoms with van der Waals surface area (Å²) in [6.45, 7) is 4.39. The molecule has 2 fully saturated rings. The van der Waals surface area contributed by atoms with Crippen molar-refractivity contribution in [2.75, 3.05) is 0 Å². The van der Waals surface area contributed by atoms with Crippen LogP contribution in [-0.2, 0) is 0 Å². The van der Waals surface area contributed by atoms with Gasteiger partial charge in [-0.1, -0.05) is 13.8 Å². The van der Waals surface area contributed by atoms with Crippen LogP contribution in [0.25, 0.3) is 0 Å². The van der Waals surface area contributed by atoms with Gasteiger partial charge in [-0.2, -0.15) is 0 Å². The third-order valence-corrected chi connectivity index (χ3v) is 3.32. The topological polar surface area (TPSA) is 46.2 Å². The van der Waals surface area contributed by atoms with Gasteiger partial charge in [0.15, 0.2) is 0 Å². The first-order valence-electron chi connectivity index (χ1n) is 4.91. The van der Waals surface area contributed by atoms with E-state index in [-0.39, 0.29) is 6.04 Å². The Hall–Kier alpha value is -0.0800. The molecule has 70 valence electrons. The molecule has 2 saturated carbocycles. The van der Waals surface area contributed by atoms with Crippen molar-refractivity contribution in [2.24, 2.45) is 17.1 Å². The minimum atomic E-state index is -0.523. The Labute approximate surface area is 74.1 Å². The fourth-order valence-corrected chi connectivity index (χ4v) is 2.74. The van der Waals surface area contributed by atoms with E-state index >= 15 is 0 Å². The van der Waals surface area contributed by atoms with Gasteiger partial charge < -0.3 is 10.8 Å². The van der Waals surface area contributed by atoms with E-state index in [1.165, 1.54) is 12.8 Å². The zero-order valence-corrected chi connectivity index (χ0v) is 8.01. The molecule has 3 N–H and O–H groups in total. The molecule has 0 spiro atoms. The molecule has 2 rings (SSSR count). The van der Waals surface area contributed by atoms with E-state index < -0.39 is 5.60 Å². The lowest BCUT2D eigenvalue weighted by molar-refractivity contribution is -0.132. The van der Waals surface area contributed by atoms with E-state index in [1.54, 1.807) is 0 Å². The van der Waals surface area contributed by atoms with Crippen LogP contribution >= 0.6 is 0 Å². The normalized spacial score (nSPS) is 34.0. The minimum absolute atomic E-state index is 0.0468. The SMILES string of the molecule is CC1(C)CC(O)(C(N)C2CC2)C1. The summed E-state index contributed by atoms with van der Waals surface area (Å²) < 4.78 is 0. The lowest BCUT2D eigenvalue weighted by atomic mass is 9.58. The Morgan fingerprint density at radius 2 is 1.83 bits per heavy atom. The molecule has 0 aromatic carbocycles. The van der Waals surface area contributed by atoms with Crippen molar-refractivity contribution >= 4 is 0 Å². The summed E-state index contributed by atoms with van der Waals surface area (Å²) in [4.78, 5) is 0. The first-order valence-corrected chi connectivity index (χ1v) is 4.91. The van der Waals surface area contributed by atoms with Crippen LogP contribution in [-0.4, -0.2) is 16.7 Å². The zero-order chi connectivity index (χ0) is 8.98. The lowest BCUT2D eigenvalue weighted by Crippen LogP contribution is -2.60. The molecule has 2 aliphatic rings. The van der Waals surface area contributed by atoms with Gasteiger partial charge in [-0.3, -0.25) is 0 Å². The molecule has 1 unspecified atom stereocenters. The maximum Gasteiger partial charge on any atom is 0.0810 e. The molecule has 0 aliphatic heterocycles. The van der Waals surface area contributed by atoms with Crippen LogP contribution < -0.4 is 5.73 Å². The Balaban J connectivity index is 1.95. The van der Waals surface area contributed by atoms with E-state index in [0.717, 1.165) is 12.8 Å². The highest BCUT2D eigenvalue weighted by Gasteiger charge is 2.54. The molecular weight excluding hydrogens is 150 g/mol. The van der Waals surface area contributed by atoms with Gasteiger partial charge in [-0.15, -0.1) is 0 Å². The van der Waals surface area contributed by atoms with Gasteiger partial charge in [-0.25, -0.2) is 0 Å². The molecule has 0 aromatic rings. The van der Waals surface area contributed by atoms with Gasteiger partial charge >= 0.3 is 0 Å². The van der Waals surface area contributed by atoms with Crippen LogP contribution in [0.3, 0.4) is 0 Å². The first-order chi connectivity index (χ1) is 5.43. The van der Waals surface area contributed by atoms with E-state index in [2.05, 4.69) is 13.8 Å². The van der Waals surface area contributed by atoms with Crippen molar-refractivity contribution in [1.29, 1.82) is 0 Å². The summed E-state index contributed by atoms with van der Waals surface area (Å²) in [6.07, 6.45) is 4.23. The fourth-order valence-electron chi connectivity index (χ4n) is 2.74.